The second-order valence-corrected chi connectivity index (χ2v) is 3.74. The van der Waals surface area contributed by atoms with E-state index in [1.165, 1.54) is 0 Å². The Morgan fingerprint density at radius 1 is 1.21 bits per heavy atom. The highest BCUT2D eigenvalue weighted by Gasteiger charge is 2.06. The Bertz CT molecular complexity index is 405. The van der Waals surface area contributed by atoms with E-state index in [9.17, 15) is 5.11 Å². The number of hydrogen-bond acceptors (Lipinski definition) is 1. The van der Waals surface area contributed by atoms with Crippen LogP contribution in [0.25, 0.3) is 5.57 Å². The lowest BCUT2D eigenvalue weighted by Crippen LogP contribution is -1.86. The summed E-state index contributed by atoms with van der Waals surface area (Å²) >= 11 is 5.87. The van der Waals surface area contributed by atoms with Gasteiger partial charge in [0.25, 0.3) is 0 Å². The van der Waals surface area contributed by atoms with Crippen LogP contribution in [0.3, 0.4) is 0 Å². The average Bonchev–Trinajstić information content (AvgIpc) is 2.23. The lowest BCUT2D eigenvalue weighted by atomic mass is 9.99. The molecule has 0 aromatic heterocycles. The Balaban J connectivity index is 2.44. The van der Waals surface area contributed by atoms with E-state index in [0.29, 0.717) is 5.02 Å². The first-order chi connectivity index (χ1) is 6.77. The van der Waals surface area contributed by atoms with Gasteiger partial charge in [0.1, 0.15) is 5.75 Å². The van der Waals surface area contributed by atoms with Gasteiger partial charge < -0.3 is 5.11 Å². The monoisotopic (exact) mass is 206 g/mol. The molecule has 0 fully saturated rings. The summed E-state index contributed by atoms with van der Waals surface area (Å²) in [5.74, 6) is 0.284. The number of halogens is 1. The minimum absolute atomic E-state index is 0.284. The van der Waals surface area contributed by atoms with E-state index in [4.69, 9.17) is 11.6 Å². The molecule has 1 N–H and O–H groups in total. The third-order valence-electron chi connectivity index (χ3n) is 2.26. The summed E-state index contributed by atoms with van der Waals surface area (Å²) in [7, 11) is 0. The Labute approximate surface area is 88.3 Å². The Kier molecular flexibility index (Phi) is 2.60. The number of phenols is 1. The maximum Gasteiger partial charge on any atom is 0.123 e. The highest BCUT2D eigenvalue weighted by Crippen LogP contribution is 2.30. The van der Waals surface area contributed by atoms with Crippen LogP contribution in [0.1, 0.15) is 18.4 Å². The minimum atomic E-state index is 0.284. The molecule has 1 nitrogen and oxygen atoms in total. The Morgan fingerprint density at radius 3 is 2.79 bits per heavy atom. The summed E-state index contributed by atoms with van der Waals surface area (Å²) in [6, 6.07) is 5.10. The van der Waals surface area contributed by atoms with Crippen molar-refractivity contribution in [1.82, 2.24) is 0 Å². The smallest absolute Gasteiger partial charge is 0.123 e. The molecule has 0 aliphatic heterocycles. The van der Waals surface area contributed by atoms with Gasteiger partial charge in [0.2, 0.25) is 0 Å². The first-order valence-electron chi connectivity index (χ1n) is 4.63. The molecule has 0 bridgehead atoms. The zero-order chi connectivity index (χ0) is 9.97. The van der Waals surface area contributed by atoms with Crippen LogP contribution < -0.4 is 0 Å². The Hall–Kier alpha value is -1.21. The van der Waals surface area contributed by atoms with Crippen LogP contribution in [-0.2, 0) is 0 Å². The predicted molar refractivity (Wildman–Crippen MR) is 59.5 cm³/mol. The fourth-order valence-corrected chi connectivity index (χ4v) is 1.72. The zero-order valence-corrected chi connectivity index (χ0v) is 8.46. The normalized spacial score (nSPS) is 15.4. The molecule has 0 amide bonds. The first-order valence-corrected chi connectivity index (χ1v) is 5.01. The van der Waals surface area contributed by atoms with Crippen molar-refractivity contribution < 1.29 is 5.11 Å². The minimum Gasteiger partial charge on any atom is -0.507 e. The summed E-state index contributed by atoms with van der Waals surface area (Å²) in [5, 5.41) is 10.3. The van der Waals surface area contributed by atoms with Crippen LogP contribution in [0.5, 0.6) is 5.75 Å². The number of benzene rings is 1. The van der Waals surface area contributed by atoms with Crippen molar-refractivity contribution in [2.75, 3.05) is 0 Å². The van der Waals surface area contributed by atoms with Crippen molar-refractivity contribution in [1.29, 1.82) is 0 Å². The predicted octanol–water partition coefficient (Wildman–Crippen LogP) is 3.78. The largest absolute Gasteiger partial charge is 0.507 e. The van der Waals surface area contributed by atoms with Crippen LogP contribution in [0, 0.1) is 0 Å². The van der Waals surface area contributed by atoms with Crippen molar-refractivity contribution >= 4 is 17.2 Å². The van der Waals surface area contributed by atoms with Crippen molar-refractivity contribution in [3.8, 4) is 5.75 Å². The highest BCUT2D eigenvalue weighted by atomic mass is 35.5. The molecule has 2 heteroatoms. The highest BCUT2D eigenvalue weighted by molar-refractivity contribution is 6.30. The molecule has 0 saturated heterocycles. The van der Waals surface area contributed by atoms with Gasteiger partial charge in [0.05, 0.1) is 0 Å². The molecule has 1 aliphatic carbocycles. The molecule has 0 spiro atoms. The van der Waals surface area contributed by atoms with E-state index >= 15 is 0 Å². The molecular weight excluding hydrogens is 196 g/mol. The quantitative estimate of drug-likeness (QED) is 0.742. The molecule has 0 saturated carbocycles. The molecule has 0 heterocycles. The molecular formula is C12H11ClO. The van der Waals surface area contributed by atoms with Crippen LogP contribution in [0.15, 0.2) is 36.4 Å². The van der Waals surface area contributed by atoms with Crippen molar-refractivity contribution in [3.63, 3.8) is 0 Å². The van der Waals surface area contributed by atoms with Gasteiger partial charge in [-0.2, -0.15) is 0 Å². The van der Waals surface area contributed by atoms with Gasteiger partial charge >= 0.3 is 0 Å². The van der Waals surface area contributed by atoms with E-state index < -0.39 is 0 Å². The summed E-state index contributed by atoms with van der Waals surface area (Å²) in [6.45, 7) is 0. The maximum absolute atomic E-state index is 9.65. The average molecular weight is 207 g/mol. The molecule has 14 heavy (non-hydrogen) atoms. The lowest BCUT2D eigenvalue weighted by Gasteiger charge is -2.09. The number of aromatic hydroxyl groups is 1. The molecule has 0 unspecified atom stereocenters. The number of rotatable bonds is 1. The summed E-state index contributed by atoms with van der Waals surface area (Å²) in [6.07, 6.45) is 8.35. The van der Waals surface area contributed by atoms with Gasteiger partial charge in [0.15, 0.2) is 0 Å². The van der Waals surface area contributed by atoms with Crippen LogP contribution in [-0.4, -0.2) is 5.11 Å². The molecule has 0 atom stereocenters. The SMILES string of the molecule is Oc1ccc(Cl)cc1C1=CCCC=C1. The number of hydrogen-bond donors (Lipinski definition) is 1. The topological polar surface area (TPSA) is 20.2 Å². The van der Waals surface area contributed by atoms with Gasteiger partial charge in [0, 0.05) is 10.6 Å². The maximum atomic E-state index is 9.65. The van der Waals surface area contributed by atoms with E-state index in [1.807, 2.05) is 6.08 Å². The summed E-state index contributed by atoms with van der Waals surface area (Å²) < 4.78 is 0. The first kappa shape index (κ1) is 9.35. The van der Waals surface area contributed by atoms with Gasteiger partial charge in [-0.05, 0) is 36.6 Å². The third-order valence-corrected chi connectivity index (χ3v) is 2.50. The van der Waals surface area contributed by atoms with Crippen molar-refractivity contribution in [2.24, 2.45) is 0 Å². The molecule has 1 aromatic rings. The third kappa shape index (κ3) is 1.83. The van der Waals surface area contributed by atoms with Gasteiger partial charge in [-0.15, -0.1) is 0 Å². The molecule has 2 rings (SSSR count). The van der Waals surface area contributed by atoms with Crippen LogP contribution in [0.4, 0.5) is 0 Å². The molecule has 72 valence electrons. The summed E-state index contributed by atoms with van der Waals surface area (Å²) in [5.41, 5.74) is 1.87. The van der Waals surface area contributed by atoms with E-state index in [-0.39, 0.29) is 5.75 Å². The number of allylic oxidation sites excluding steroid dienone is 4. The standard InChI is InChI=1S/C12H11ClO/c13-10-6-7-12(14)11(8-10)9-4-2-1-3-5-9/h2,4-8,14H,1,3H2. The van der Waals surface area contributed by atoms with E-state index in [1.54, 1.807) is 18.2 Å². The molecule has 1 aromatic carbocycles. The number of phenolic OH excluding ortho intramolecular Hbond substituents is 1. The lowest BCUT2D eigenvalue weighted by molar-refractivity contribution is 0.473. The Morgan fingerprint density at radius 2 is 2.07 bits per heavy atom. The van der Waals surface area contributed by atoms with Gasteiger partial charge in [-0.1, -0.05) is 29.8 Å². The zero-order valence-electron chi connectivity index (χ0n) is 7.70. The second-order valence-electron chi connectivity index (χ2n) is 3.30. The van der Waals surface area contributed by atoms with Crippen molar-refractivity contribution in [2.45, 2.75) is 12.8 Å². The summed E-state index contributed by atoms with van der Waals surface area (Å²) in [4.78, 5) is 0. The fraction of sp³-hybridized carbons (Fsp3) is 0.167. The van der Waals surface area contributed by atoms with Gasteiger partial charge in [-0.25, -0.2) is 0 Å². The second kappa shape index (κ2) is 3.89. The molecule has 1 aliphatic rings. The molecule has 0 radical (unpaired) electrons. The van der Waals surface area contributed by atoms with Crippen LogP contribution in [0.2, 0.25) is 5.02 Å². The van der Waals surface area contributed by atoms with Crippen molar-refractivity contribution in [3.05, 3.63) is 47.0 Å². The van der Waals surface area contributed by atoms with Crippen LogP contribution >= 0.6 is 11.6 Å². The van der Waals surface area contributed by atoms with E-state index in [0.717, 1.165) is 24.0 Å². The van der Waals surface area contributed by atoms with E-state index in [2.05, 4.69) is 12.2 Å². The van der Waals surface area contributed by atoms with Gasteiger partial charge in [-0.3, -0.25) is 0 Å². The fourth-order valence-electron chi connectivity index (χ4n) is 1.55.